The number of piperidine rings is 1. The van der Waals surface area contributed by atoms with E-state index < -0.39 is 5.91 Å². The van der Waals surface area contributed by atoms with Crippen LogP contribution in [-0.2, 0) is 6.54 Å². The molecule has 32 heavy (non-hydrogen) atoms. The predicted molar refractivity (Wildman–Crippen MR) is 126 cm³/mol. The molecule has 4 rings (SSSR count). The Morgan fingerprint density at radius 3 is 2.56 bits per heavy atom. The Morgan fingerprint density at radius 1 is 1.16 bits per heavy atom. The van der Waals surface area contributed by atoms with Crippen LogP contribution < -0.4 is 16.4 Å². The van der Waals surface area contributed by atoms with Gasteiger partial charge in [0, 0.05) is 30.1 Å². The topological polar surface area (TPSA) is 83.3 Å². The van der Waals surface area contributed by atoms with Gasteiger partial charge in [0.1, 0.15) is 11.6 Å². The van der Waals surface area contributed by atoms with Gasteiger partial charge in [0.2, 0.25) is 0 Å². The van der Waals surface area contributed by atoms with Gasteiger partial charge in [-0.3, -0.25) is 4.79 Å². The second-order valence-electron chi connectivity index (χ2n) is 8.25. The lowest BCUT2D eigenvalue weighted by Gasteiger charge is -2.29. The van der Waals surface area contributed by atoms with E-state index in [0.29, 0.717) is 23.0 Å². The Labute approximate surface area is 187 Å². The fourth-order valence-electron chi connectivity index (χ4n) is 4.03. The third kappa shape index (κ3) is 5.23. The van der Waals surface area contributed by atoms with Gasteiger partial charge < -0.3 is 21.3 Å². The SMILES string of the molecule is CN1CCC(c2ccc(Nc3cc(NCc4ccccc4F)c(C(N)=O)cn3)cc2)CC1. The monoisotopic (exact) mass is 433 g/mol. The molecule has 3 aromatic rings. The van der Waals surface area contributed by atoms with Gasteiger partial charge in [-0.2, -0.15) is 0 Å². The Balaban J connectivity index is 1.47. The second kappa shape index (κ2) is 9.78. The van der Waals surface area contributed by atoms with Gasteiger partial charge in [0.25, 0.3) is 5.91 Å². The summed E-state index contributed by atoms with van der Waals surface area (Å²) in [5.74, 6) is 0.265. The van der Waals surface area contributed by atoms with Gasteiger partial charge >= 0.3 is 0 Å². The summed E-state index contributed by atoms with van der Waals surface area (Å²) in [4.78, 5) is 18.5. The van der Waals surface area contributed by atoms with Crippen molar-refractivity contribution < 1.29 is 9.18 Å². The summed E-state index contributed by atoms with van der Waals surface area (Å²) >= 11 is 0. The summed E-state index contributed by atoms with van der Waals surface area (Å²) in [6.45, 7) is 2.48. The number of aromatic nitrogens is 1. The minimum atomic E-state index is -0.595. The van der Waals surface area contributed by atoms with E-state index in [1.165, 1.54) is 30.7 Å². The number of likely N-dealkylation sites (tertiary alicyclic amines) is 1. The van der Waals surface area contributed by atoms with E-state index in [9.17, 15) is 9.18 Å². The van der Waals surface area contributed by atoms with Crippen LogP contribution in [0.2, 0.25) is 0 Å². The van der Waals surface area contributed by atoms with Crippen LogP contribution >= 0.6 is 0 Å². The van der Waals surface area contributed by atoms with Crippen molar-refractivity contribution in [2.75, 3.05) is 30.8 Å². The number of pyridine rings is 1. The first-order valence-corrected chi connectivity index (χ1v) is 10.8. The molecule has 1 fully saturated rings. The maximum atomic E-state index is 13.9. The van der Waals surface area contributed by atoms with E-state index >= 15 is 0 Å². The Morgan fingerprint density at radius 2 is 1.88 bits per heavy atom. The van der Waals surface area contributed by atoms with Gasteiger partial charge in [-0.1, -0.05) is 30.3 Å². The van der Waals surface area contributed by atoms with E-state index in [0.717, 1.165) is 18.8 Å². The molecule has 0 aliphatic carbocycles. The van der Waals surface area contributed by atoms with Crippen LogP contribution in [-0.4, -0.2) is 35.9 Å². The molecule has 0 radical (unpaired) electrons. The van der Waals surface area contributed by atoms with Crippen LogP contribution in [0.25, 0.3) is 0 Å². The van der Waals surface area contributed by atoms with Gasteiger partial charge in [0.05, 0.1) is 11.3 Å². The Hall–Kier alpha value is -3.45. The van der Waals surface area contributed by atoms with E-state index in [4.69, 9.17) is 5.73 Å². The molecular formula is C25H28FN5O. The molecule has 0 saturated carbocycles. The summed E-state index contributed by atoms with van der Waals surface area (Å²) in [5, 5.41) is 6.38. The lowest BCUT2D eigenvalue weighted by molar-refractivity contribution is 0.100. The van der Waals surface area contributed by atoms with Crippen molar-refractivity contribution in [2.45, 2.75) is 25.3 Å². The minimum absolute atomic E-state index is 0.224. The highest BCUT2D eigenvalue weighted by Gasteiger charge is 2.18. The molecule has 0 bridgehead atoms. The Kier molecular flexibility index (Phi) is 6.66. The van der Waals surface area contributed by atoms with Crippen LogP contribution in [0.1, 0.15) is 40.2 Å². The number of nitrogens with zero attached hydrogens (tertiary/aromatic N) is 2. The number of hydrogen-bond acceptors (Lipinski definition) is 5. The minimum Gasteiger partial charge on any atom is -0.380 e. The highest BCUT2D eigenvalue weighted by atomic mass is 19.1. The van der Waals surface area contributed by atoms with Gasteiger partial charge in [0.15, 0.2) is 0 Å². The fraction of sp³-hybridized carbons (Fsp3) is 0.280. The number of halogens is 1. The quantitative estimate of drug-likeness (QED) is 0.512. The first-order valence-electron chi connectivity index (χ1n) is 10.8. The molecule has 0 unspecified atom stereocenters. The van der Waals surface area contributed by atoms with Crippen LogP contribution in [0, 0.1) is 5.82 Å². The predicted octanol–water partition coefficient (Wildman–Crippen LogP) is 4.48. The van der Waals surface area contributed by atoms with Crippen molar-refractivity contribution in [3.8, 4) is 0 Å². The number of benzene rings is 2. The first-order chi connectivity index (χ1) is 15.5. The highest BCUT2D eigenvalue weighted by molar-refractivity contribution is 5.98. The fourth-order valence-corrected chi connectivity index (χ4v) is 4.03. The number of nitrogens with two attached hydrogens (primary N) is 1. The molecule has 166 valence electrons. The number of anilines is 3. The molecule has 0 atom stereocenters. The zero-order valence-electron chi connectivity index (χ0n) is 18.1. The normalized spacial score (nSPS) is 14.8. The smallest absolute Gasteiger partial charge is 0.252 e. The van der Waals surface area contributed by atoms with Crippen molar-refractivity contribution in [1.82, 2.24) is 9.88 Å². The molecule has 2 aromatic carbocycles. The summed E-state index contributed by atoms with van der Waals surface area (Å²) in [5.41, 5.74) is 9.01. The van der Waals surface area contributed by atoms with Crippen molar-refractivity contribution in [3.63, 3.8) is 0 Å². The lowest BCUT2D eigenvalue weighted by atomic mass is 9.89. The molecule has 1 aliphatic rings. The van der Waals surface area contributed by atoms with Gasteiger partial charge in [-0.25, -0.2) is 9.37 Å². The zero-order valence-corrected chi connectivity index (χ0v) is 18.1. The summed E-state index contributed by atoms with van der Waals surface area (Å²) in [6, 6.07) is 16.6. The molecule has 1 amide bonds. The number of rotatable bonds is 7. The standard InChI is InChI=1S/C25H28FN5O/c1-31-12-10-18(11-13-31)17-6-8-20(9-7-17)30-24-14-23(21(16-29-24)25(27)32)28-15-19-4-2-3-5-22(19)26/h2-9,14,16,18H,10-13,15H2,1H3,(H2,27,32)(H2,28,29,30). The number of nitrogens with one attached hydrogen (secondary N) is 2. The number of hydrogen-bond donors (Lipinski definition) is 3. The molecule has 1 saturated heterocycles. The first kappa shape index (κ1) is 21.8. The Bertz CT molecular complexity index is 1080. The average Bonchev–Trinajstić information content (AvgIpc) is 2.79. The molecular weight excluding hydrogens is 405 g/mol. The van der Waals surface area contributed by atoms with E-state index in [1.54, 1.807) is 24.3 Å². The largest absolute Gasteiger partial charge is 0.380 e. The maximum Gasteiger partial charge on any atom is 0.252 e. The van der Waals surface area contributed by atoms with E-state index in [2.05, 4.69) is 39.7 Å². The van der Waals surface area contributed by atoms with E-state index in [1.807, 2.05) is 12.1 Å². The molecule has 0 spiro atoms. The summed E-state index contributed by atoms with van der Waals surface area (Å²) < 4.78 is 13.9. The summed E-state index contributed by atoms with van der Waals surface area (Å²) in [6.07, 6.45) is 3.79. The molecule has 4 N–H and O–H groups in total. The molecule has 1 aromatic heterocycles. The van der Waals surface area contributed by atoms with Gasteiger partial charge in [-0.05, 0) is 62.7 Å². The zero-order chi connectivity index (χ0) is 22.5. The molecule has 2 heterocycles. The van der Waals surface area contributed by atoms with Crippen LogP contribution in [0.3, 0.4) is 0 Å². The van der Waals surface area contributed by atoms with Crippen LogP contribution in [0.15, 0.2) is 60.8 Å². The maximum absolute atomic E-state index is 13.9. The van der Waals surface area contributed by atoms with Crippen LogP contribution in [0.4, 0.5) is 21.6 Å². The van der Waals surface area contributed by atoms with Crippen LogP contribution in [0.5, 0.6) is 0 Å². The van der Waals surface area contributed by atoms with Crippen molar-refractivity contribution in [3.05, 3.63) is 83.3 Å². The third-order valence-electron chi connectivity index (χ3n) is 5.97. The molecule has 6 nitrogen and oxygen atoms in total. The number of carbonyl (C=O) groups is 1. The van der Waals surface area contributed by atoms with Crippen molar-refractivity contribution in [2.24, 2.45) is 5.73 Å². The number of carbonyl (C=O) groups excluding carboxylic acids is 1. The summed E-state index contributed by atoms with van der Waals surface area (Å²) in [7, 11) is 2.17. The number of primary amides is 1. The van der Waals surface area contributed by atoms with Crippen molar-refractivity contribution in [1.29, 1.82) is 0 Å². The third-order valence-corrected chi connectivity index (χ3v) is 5.97. The van der Waals surface area contributed by atoms with Crippen molar-refractivity contribution >= 4 is 23.1 Å². The lowest BCUT2D eigenvalue weighted by Crippen LogP contribution is -2.29. The average molecular weight is 434 g/mol. The van der Waals surface area contributed by atoms with Gasteiger partial charge in [-0.15, -0.1) is 0 Å². The number of amides is 1. The second-order valence-corrected chi connectivity index (χ2v) is 8.25. The van der Waals surface area contributed by atoms with E-state index in [-0.39, 0.29) is 17.9 Å². The highest BCUT2D eigenvalue weighted by Crippen LogP contribution is 2.29. The molecule has 1 aliphatic heterocycles. The molecule has 7 heteroatoms.